The first-order valence-electron chi connectivity index (χ1n) is 8.93. The van der Waals surface area contributed by atoms with Crippen LogP contribution < -0.4 is 0 Å². The first-order chi connectivity index (χ1) is 13.8. The van der Waals surface area contributed by atoms with Crippen LogP contribution in [0.15, 0.2) is 72.2 Å². The van der Waals surface area contributed by atoms with Crippen LogP contribution in [0.25, 0.3) is 55.0 Å². The fourth-order valence-corrected chi connectivity index (χ4v) is 4.00. The van der Waals surface area contributed by atoms with Crippen LogP contribution in [0.5, 0.6) is 0 Å². The summed E-state index contributed by atoms with van der Waals surface area (Å²) in [6.45, 7) is 0. The highest BCUT2D eigenvalue weighted by Crippen LogP contribution is 2.37. The molecule has 0 fully saturated rings. The molecular weight excluding hydrogens is 350 g/mol. The van der Waals surface area contributed by atoms with Crippen LogP contribution in [0, 0.1) is 4.91 Å². The van der Waals surface area contributed by atoms with Gasteiger partial charge in [0.2, 0.25) is 0 Å². The van der Waals surface area contributed by atoms with E-state index in [0.717, 1.165) is 55.0 Å². The standard InChI is InChI=1S/C22H13N5O/c28-27-12-7-8-14-13-4-1-2-5-15(13)19-20(17(14)10-12)26-22(25-19)18-11-24-21-16(18)6-3-9-23-21/h1-11H,(H,23,24)(H,25,26). The SMILES string of the molecule is O=Nc1ccc2c3ccccc3c3[nH]c(-c4c[nH]c5ncccc45)nc3c2c1. The van der Waals surface area contributed by atoms with Crippen molar-refractivity contribution in [2.75, 3.05) is 0 Å². The largest absolute Gasteiger partial charge is 0.345 e. The van der Waals surface area contributed by atoms with Crippen molar-refractivity contribution in [1.82, 2.24) is 19.9 Å². The average Bonchev–Trinajstić information content (AvgIpc) is 3.38. The Kier molecular flexibility index (Phi) is 2.94. The number of benzene rings is 3. The van der Waals surface area contributed by atoms with Gasteiger partial charge in [0.1, 0.15) is 17.2 Å². The van der Waals surface area contributed by atoms with Crippen LogP contribution in [0.3, 0.4) is 0 Å². The highest BCUT2D eigenvalue weighted by Gasteiger charge is 2.16. The van der Waals surface area contributed by atoms with E-state index in [1.54, 1.807) is 18.3 Å². The van der Waals surface area contributed by atoms with Crippen molar-refractivity contribution >= 4 is 49.3 Å². The minimum atomic E-state index is 0.393. The van der Waals surface area contributed by atoms with Gasteiger partial charge in [-0.2, -0.15) is 0 Å². The van der Waals surface area contributed by atoms with E-state index >= 15 is 0 Å². The van der Waals surface area contributed by atoms with Crippen molar-refractivity contribution in [3.05, 3.63) is 71.9 Å². The smallest absolute Gasteiger partial charge is 0.140 e. The number of hydrogen-bond donors (Lipinski definition) is 2. The summed E-state index contributed by atoms with van der Waals surface area (Å²) in [5, 5.41) is 8.27. The summed E-state index contributed by atoms with van der Waals surface area (Å²) < 4.78 is 0. The van der Waals surface area contributed by atoms with E-state index in [1.165, 1.54) is 0 Å². The molecule has 0 atom stereocenters. The maximum atomic E-state index is 11.1. The van der Waals surface area contributed by atoms with Crippen LogP contribution in [0.4, 0.5) is 5.69 Å². The Balaban J connectivity index is 1.78. The van der Waals surface area contributed by atoms with E-state index in [-0.39, 0.29) is 0 Å². The fraction of sp³-hybridized carbons (Fsp3) is 0. The van der Waals surface area contributed by atoms with E-state index in [9.17, 15) is 4.91 Å². The van der Waals surface area contributed by atoms with Crippen molar-refractivity contribution in [3.8, 4) is 11.4 Å². The zero-order chi connectivity index (χ0) is 18.7. The quantitative estimate of drug-likeness (QED) is 0.300. The van der Waals surface area contributed by atoms with Gasteiger partial charge in [0.25, 0.3) is 0 Å². The number of fused-ring (bicyclic) bond motifs is 7. The summed E-state index contributed by atoms with van der Waals surface area (Å²) in [5.74, 6) is 0.761. The molecule has 6 heteroatoms. The van der Waals surface area contributed by atoms with Crippen molar-refractivity contribution in [3.63, 3.8) is 0 Å². The van der Waals surface area contributed by atoms with Gasteiger partial charge in [0, 0.05) is 34.1 Å². The van der Waals surface area contributed by atoms with E-state index in [4.69, 9.17) is 4.98 Å². The number of nitroso groups, excluding NO2 is 1. The molecule has 6 nitrogen and oxygen atoms in total. The van der Waals surface area contributed by atoms with Gasteiger partial charge in [0.15, 0.2) is 0 Å². The summed E-state index contributed by atoms with van der Waals surface area (Å²) in [5.41, 5.74) is 3.94. The normalized spacial score (nSPS) is 11.7. The number of nitrogens with one attached hydrogen (secondary N) is 2. The molecular formula is C22H13N5O. The molecule has 3 heterocycles. The first-order valence-corrected chi connectivity index (χ1v) is 8.93. The van der Waals surface area contributed by atoms with Crippen molar-refractivity contribution in [1.29, 1.82) is 0 Å². The summed E-state index contributed by atoms with van der Waals surface area (Å²) >= 11 is 0. The predicted octanol–water partition coefficient (Wildman–Crippen LogP) is 5.81. The van der Waals surface area contributed by atoms with Gasteiger partial charge < -0.3 is 9.97 Å². The lowest BCUT2D eigenvalue weighted by atomic mass is 9.99. The zero-order valence-electron chi connectivity index (χ0n) is 14.6. The molecule has 0 aliphatic heterocycles. The Morgan fingerprint density at radius 1 is 0.857 bits per heavy atom. The topological polar surface area (TPSA) is 86.8 Å². The highest BCUT2D eigenvalue weighted by atomic mass is 16.3. The summed E-state index contributed by atoms with van der Waals surface area (Å²) in [4.78, 5) is 27.1. The number of hydrogen-bond acceptors (Lipinski definition) is 4. The molecule has 0 saturated heterocycles. The summed E-state index contributed by atoms with van der Waals surface area (Å²) in [6, 6.07) is 17.6. The molecule has 2 N–H and O–H groups in total. The molecule has 0 spiro atoms. The number of aromatic amines is 2. The number of imidazole rings is 1. The third-order valence-corrected chi connectivity index (χ3v) is 5.26. The predicted molar refractivity (Wildman–Crippen MR) is 112 cm³/mol. The average molecular weight is 363 g/mol. The van der Waals surface area contributed by atoms with Crippen molar-refractivity contribution in [2.24, 2.45) is 5.18 Å². The van der Waals surface area contributed by atoms with E-state index in [0.29, 0.717) is 5.69 Å². The summed E-state index contributed by atoms with van der Waals surface area (Å²) in [7, 11) is 0. The second kappa shape index (κ2) is 5.47. The van der Waals surface area contributed by atoms with Crippen molar-refractivity contribution < 1.29 is 0 Å². The van der Waals surface area contributed by atoms with Gasteiger partial charge in [-0.05, 0) is 40.2 Å². The van der Waals surface area contributed by atoms with Gasteiger partial charge in [-0.25, -0.2) is 9.97 Å². The molecule has 0 unspecified atom stereocenters. The van der Waals surface area contributed by atoms with Crippen LogP contribution in [-0.2, 0) is 0 Å². The number of nitrogens with zero attached hydrogens (tertiary/aromatic N) is 3. The molecule has 0 bridgehead atoms. The number of pyridine rings is 1. The second-order valence-electron chi connectivity index (χ2n) is 6.78. The number of aromatic nitrogens is 4. The lowest BCUT2D eigenvalue weighted by Crippen LogP contribution is -1.81. The Hall–Kier alpha value is -4.06. The van der Waals surface area contributed by atoms with Gasteiger partial charge >= 0.3 is 0 Å². The maximum absolute atomic E-state index is 11.1. The Labute approximate surface area is 158 Å². The molecule has 132 valence electrons. The van der Waals surface area contributed by atoms with Gasteiger partial charge in [-0.3, -0.25) is 0 Å². The maximum Gasteiger partial charge on any atom is 0.140 e. The highest BCUT2D eigenvalue weighted by molar-refractivity contribution is 6.24. The molecule has 3 aromatic carbocycles. The zero-order valence-corrected chi connectivity index (χ0v) is 14.6. The van der Waals surface area contributed by atoms with Gasteiger partial charge in [0.05, 0.1) is 11.0 Å². The van der Waals surface area contributed by atoms with E-state index in [1.807, 2.05) is 36.5 Å². The minimum absolute atomic E-state index is 0.393. The van der Waals surface area contributed by atoms with Crippen LogP contribution in [-0.4, -0.2) is 19.9 Å². The number of rotatable bonds is 2. The minimum Gasteiger partial charge on any atom is -0.345 e. The Morgan fingerprint density at radius 2 is 1.68 bits per heavy atom. The van der Waals surface area contributed by atoms with Crippen LogP contribution in [0.1, 0.15) is 0 Å². The molecule has 0 aliphatic carbocycles. The fourth-order valence-electron chi connectivity index (χ4n) is 4.00. The Bertz CT molecular complexity index is 1540. The monoisotopic (exact) mass is 363 g/mol. The molecule has 3 aromatic heterocycles. The molecule has 0 saturated carbocycles. The van der Waals surface area contributed by atoms with Crippen molar-refractivity contribution in [2.45, 2.75) is 0 Å². The lowest BCUT2D eigenvalue weighted by Gasteiger charge is -2.06. The Morgan fingerprint density at radius 3 is 2.57 bits per heavy atom. The molecule has 0 aliphatic rings. The van der Waals surface area contributed by atoms with Crippen LogP contribution >= 0.6 is 0 Å². The molecule has 6 aromatic rings. The van der Waals surface area contributed by atoms with Gasteiger partial charge in [-0.15, -0.1) is 4.91 Å². The second-order valence-corrected chi connectivity index (χ2v) is 6.78. The van der Waals surface area contributed by atoms with E-state index < -0.39 is 0 Å². The molecule has 0 radical (unpaired) electrons. The third kappa shape index (κ3) is 1.97. The van der Waals surface area contributed by atoms with E-state index in [2.05, 4.69) is 32.3 Å². The molecule has 6 rings (SSSR count). The molecule has 0 amide bonds. The third-order valence-electron chi connectivity index (χ3n) is 5.26. The molecule has 28 heavy (non-hydrogen) atoms. The first kappa shape index (κ1) is 15.0. The van der Waals surface area contributed by atoms with Crippen LogP contribution in [0.2, 0.25) is 0 Å². The summed E-state index contributed by atoms with van der Waals surface area (Å²) in [6.07, 6.45) is 3.67. The van der Waals surface area contributed by atoms with Gasteiger partial charge in [-0.1, -0.05) is 30.3 Å². The number of H-pyrrole nitrogens is 2. The lowest BCUT2D eigenvalue weighted by molar-refractivity contribution is 1.32.